The number of nitrogens with one attached hydrogen (secondary N) is 1. The Morgan fingerprint density at radius 3 is 2.52 bits per heavy atom. The number of likely N-dealkylation sites (N-methyl/N-ethyl adjacent to an activating group) is 1. The number of fused-ring (bicyclic) bond motifs is 1. The molecule has 5 heteroatoms. The van der Waals surface area contributed by atoms with Gasteiger partial charge >= 0.3 is 0 Å². The lowest BCUT2D eigenvalue weighted by Gasteiger charge is -2.25. The van der Waals surface area contributed by atoms with Crippen LogP contribution in [0.1, 0.15) is 18.2 Å². The number of hydrogen-bond donors (Lipinski definition) is 1. The molecule has 0 fully saturated rings. The molecule has 1 aliphatic rings. The molecule has 5 nitrogen and oxygen atoms in total. The van der Waals surface area contributed by atoms with Crippen LogP contribution in [0.15, 0.2) is 59.1 Å². The molecule has 2 aromatic carbocycles. The van der Waals surface area contributed by atoms with Crippen LogP contribution in [0, 0.1) is 0 Å². The van der Waals surface area contributed by atoms with Crippen LogP contribution >= 0.6 is 0 Å². The van der Waals surface area contributed by atoms with Crippen LogP contribution in [0.3, 0.4) is 0 Å². The largest absolute Gasteiger partial charge is 0.360 e. The summed E-state index contributed by atoms with van der Waals surface area (Å²) < 4.78 is 5.58. The molecule has 1 aromatic heterocycles. The molecule has 0 bridgehead atoms. The third kappa shape index (κ3) is 3.78. The maximum absolute atomic E-state index is 11.9. The lowest BCUT2D eigenvalue weighted by molar-refractivity contribution is -0.122. The maximum Gasteiger partial charge on any atom is 0.234 e. The average molecular weight is 361 g/mol. The Labute approximate surface area is 159 Å². The molecule has 1 N–H and O–H groups in total. The Morgan fingerprint density at radius 1 is 1.07 bits per heavy atom. The van der Waals surface area contributed by atoms with Crippen molar-refractivity contribution in [3.8, 4) is 22.4 Å². The van der Waals surface area contributed by atoms with E-state index in [1.165, 1.54) is 11.1 Å². The minimum absolute atomic E-state index is 0.0613. The highest BCUT2D eigenvalue weighted by Crippen LogP contribution is 2.31. The summed E-state index contributed by atoms with van der Waals surface area (Å²) in [5.41, 5.74) is 5.39. The number of benzene rings is 2. The second-order valence-corrected chi connectivity index (χ2v) is 6.79. The van der Waals surface area contributed by atoms with Gasteiger partial charge in [-0.15, -0.1) is 0 Å². The molecule has 0 aliphatic carbocycles. The second kappa shape index (κ2) is 7.76. The second-order valence-electron chi connectivity index (χ2n) is 6.79. The quantitative estimate of drug-likeness (QED) is 0.756. The van der Waals surface area contributed by atoms with Gasteiger partial charge in [-0.2, -0.15) is 0 Å². The van der Waals surface area contributed by atoms with Crippen molar-refractivity contribution in [3.05, 3.63) is 65.9 Å². The molecule has 1 aliphatic heterocycles. The number of carbonyl (C=O) groups is 1. The maximum atomic E-state index is 11.9. The first-order valence-corrected chi connectivity index (χ1v) is 9.37. The molecule has 3 aromatic rings. The summed E-state index contributed by atoms with van der Waals surface area (Å²) in [6, 6.07) is 18.7. The van der Waals surface area contributed by atoms with Crippen LogP contribution < -0.4 is 5.32 Å². The SMILES string of the molecule is CCNC(=O)CN1CCc2onc(-c3ccc(-c4ccccc4)cc3)c2C1. The summed E-state index contributed by atoms with van der Waals surface area (Å²) in [7, 11) is 0. The van der Waals surface area contributed by atoms with Crippen LogP contribution in [-0.4, -0.2) is 35.6 Å². The van der Waals surface area contributed by atoms with Crippen molar-refractivity contribution in [1.82, 2.24) is 15.4 Å². The highest BCUT2D eigenvalue weighted by atomic mass is 16.5. The highest BCUT2D eigenvalue weighted by molar-refractivity contribution is 5.78. The van der Waals surface area contributed by atoms with Gasteiger partial charge in [0.05, 0.1) is 6.54 Å². The topological polar surface area (TPSA) is 58.4 Å². The van der Waals surface area contributed by atoms with Crippen LogP contribution in [0.5, 0.6) is 0 Å². The molecule has 138 valence electrons. The van der Waals surface area contributed by atoms with Crippen molar-refractivity contribution in [2.24, 2.45) is 0 Å². The van der Waals surface area contributed by atoms with E-state index < -0.39 is 0 Å². The molecule has 1 amide bonds. The third-order valence-corrected chi connectivity index (χ3v) is 4.91. The molecular formula is C22H23N3O2. The van der Waals surface area contributed by atoms with Crippen LogP contribution in [0.25, 0.3) is 22.4 Å². The molecule has 0 radical (unpaired) electrons. The number of amides is 1. The van der Waals surface area contributed by atoms with Crippen molar-refractivity contribution in [2.45, 2.75) is 19.9 Å². The Kier molecular flexibility index (Phi) is 5.03. The predicted molar refractivity (Wildman–Crippen MR) is 105 cm³/mol. The Balaban J connectivity index is 1.54. The summed E-state index contributed by atoms with van der Waals surface area (Å²) in [6.45, 7) is 4.50. The summed E-state index contributed by atoms with van der Waals surface area (Å²) in [4.78, 5) is 14.0. The van der Waals surface area contributed by atoms with Gasteiger partial charge in [-0.05, 0) is 18.1 Å². The first-order chi connectivity index (χ1) is 13.2. The zero-order valence-corrected chi connectivity index (χ0v) is 15.4. The van der Waals surface area contributed by atoms with Gasteiger partial charge in [0.15, 0.2) is 0 Å². The van der Waals surface area contributed by atoms with Gasteiger partial charge in [0.1, 0.15) is 11.5 Å². The molecule has 4 rings (SSSR count). The summed E-state index contributed by atoms with van der Waals surface area (Å²) in [5, 5.41) is 7.18. The Hall–Kier alpha value is -2.92. The van der Waals surface area contributed by atoms with Gasteiger partial charge in [0.25, 0.3) is 0 Å². The lowest BCUT2D eigenvalue weighted by atomic mass is 9.99. The van der Waals surface area contributed by atoms with E-state index in [1.807, 2.05) is 25.1 Å². The molecule has 2 heterocycles. The van der Waals surface area contributed by atoms with Crippen molar-refractivity contribution in [3.63, 3.8) is 0 Å². The minimum atomic E-state index is 0.0613. The minimum Gasteiger partial charge on any atom is -0.360 e. The van der Waals surface area contributed by atoms with Gasteiger partial charge in [-0.1, -0.05) is 59.8 Å². The van der Waals surface area contributed by atoms with Gasteiger partial charge in [0.2, 0.25) is 5.91 Å². The predicted octanol–water partition coefficient (Wildman–Crippen LogP) is 3.50. The van der Waals surface area contributed by atoms with Crippen LogP contribution in [0.2, 0.25) is 0 Å². The van der Waals surface area contributed by atoms with E-state index in [0.717, 1.165) is 35.5 Å². The molecule has 0 spiro atoms. The van der Waals surface area contributed by atoms with Gasteiger partial charge in [0, 0.05) is 37.2 Å². The molecule has 0 saturated carbocycles. The normalized spacial score (nSPS) is 14.0. The fraction of sp³-hybridized carbons (Fsp3) is 0.273. The fourth-order valence-electron chi connectivity index (χ4n) is 3.53. The first-order valence-electron chi connectivity index (χ1n) is 9.37. The summed E-state index contributed by atoms with van der Waals surface area (Å²) in [5.74, 6) is 0.996. The summed E-state index contributed by atoms with van der Waals surface area (Å²) in [6.07, 6.45) is 0.782. The van der Waals surface area contributed by atoms with E-state index >= 15 is 0 Å². The van der Waals surface area contributed by atoms with Crippen molar-refractivity contribution in [2.75, 3.05) is 19.6 Å². The van der Waals surface area contributed by atoms with E-state index in [4.69, 9.17) is 4.52 Å². The number of nitrogens with zero attached hydrogens (tertiary/aromatic N) is 2. The van der Waals surface area contributed by atoms with E-state index in [9.17, 15) is 4.79 Å². The average Bonchev–Trinajstić information content (AvgIpc) is 3.12. The zero-order valence-electron chi connectivity index (χ0n) is 15.4. The smallest absolute Gasteiger partial charge is 0.234 e. The van der Waals surface area contributed by atoms with E-state index in [1.54, 1.807) is 0 Å². The van der Waals surface area contributed by atoms with Crippen molar-refractivity contribution in [1.29, 1.82) is 0 Å². The van der Waals surface area contributed by atoms with Crippen molar-refractivity contribution < 1.29 is 9.32 Å². The Morgan fingerprint density at radius 2 is 1.78 bits per heavy atom. The fourth-order valence-corrected chi connectivity index (χ4v) is 3.53. The molecular weight excluding hydrogens is 338 g/mol. The lowest BCUT2D eigenvalue weighted by Crippen LogP contribution is -2.39. The van der Waals surface area contributed by atoms with E-state index in [2.05, 4.69) is 51.8 Å². The third-order valence-electron chi connectivity index (χ3n) is 4.91. The van der Waals surface area contributed by atoms with Crippen molar-refractivity contribution >= 4 is 5.91 Å². The van der Waals surface area contributed by atoms with E-state index in [0.29, 0.717) is 19.6 Å². The number of carbonyl (C=O) groups excluding carboxylic acids is 1. The molecule has 0 unspecified atom stereocenters. The van der Waals surface area contributed by atoms with Crippen LogP contribution in [-0.2, 0) is 17.8 Å². The summed E-state index contributed by atoms with van der Waals surface area (Å²) >= 11 is 0. The highest BCUT2D eigenvalue weighted by Gasteiger charge is 2.25. The van der Waals surface area contributed by atoms with Gasteiger partial charge in [-0.25, -0.2) is 0 Å². The van der Waals surface area contributed by atoms with Gasteiger partial charge in [-0.3, -0.25) is 9.69 Å². The van der Waals surface area contributed by atoms with Gasteiger partial charge < -0.3 is 9.84 Å². The van der Waals surface area contributed by atoms with Crippen LogP contribution in [0.4, 0.5) is 0 Å². The number of aromatic nitrogens is 1. The van der Waals surface area contributed by atoms with E-state index in [-0.39, 0.29) is 5.91 Å². The first kappa shape index (κ1) is 17.5. The standard InChI is InChI=1S/C22H23N3O2/c1-2-23-21(26)15-25-13-12-20-19(14-25)22(24-27-20)18-10-8-17(9-11-18)16-6-4-3-5-7-16/h3-11H,2,12-15H2,1H3,(H,23,26). The zero-order chi connectivity index (χ0) is 18.6. The Bertz CT molecular complexity index is 916. The number of hydrogen-bond acceptors (Lipinski definition) is 4. The molecule has 0 atom stereocenters. The molecule has 27 heavy (non-hydrogen) atoms. The molecule has 0 saturated heterocycles. The monoisotopic (exact) mass is 361 g/mol. The number of rotatable bonds is 5.